The molecule has 1 aromatic heterocycles. The van der Waals surface area contributed by atoms with E-state index in [2.05, 4.69) is 34.6 Å². The Morgan fingerprint density at radius 3 is 2.42 bits per heavy atom. The van der Waals surface area contributed by atoms with E-state index in [1.807, 2.05) is 41.8 Å². The summed E-state index contributed by atoms with van der Waals surface area (Å²) < 4.78 is 0. The molecule has 1 amide bonds. The largest absolute Gasteiger partial charge is 0.356 e. The Kier molecular flexibility index (Phi) is 5.75. The van der Waals surface area contributed by atoms with E-state index in [-0.39, 0.29) is 5.91 Å². The molecule has 0 saturated heterocycles. The van der Waals surface area contributed by atoms with Gasteiger partial charge in [0, 0.05) is 23.9 Å². The summed E-state index contributed by atoms with van der Waals surface area (Å²) >= 11 is 1.63. The minimum Gasteiger partial charge on any atom is -0.356 e. The maximum atomic E-state index is 11.9. The highest BCUT2D eigenvalue weighted by molar-refractivity contribution is 7.13. The Bertz CT molecular complexity index is 769. The summed E-state index contributed by atoms with van der Waals surface area (Å²) in [6.45, 7) is 0.676. The lowest BCUT2D eigenvalue weighted by molar-refractivity contribution is -0.121. The van der Waals surface area contributed by atoms with Gasteiger partial charge < -0.3 is 5.32 Å². The average molecular weight is 336 g/mol. The molecule has 122 valence electrons. The molecule has 0 spiro atoms. The number of amides is 1. The van der Waals surface area contributed by atoms with Crippen LogP contribution in [0.2, 0.25) is 0 Å². The molecular formula is C20H20N2OS. The number of benzene rings is 2. The third-order valence-corrected chi connectivity index (χ3v) is 4.70. The van der Waals surface area contributed by atoms with Crippen molar-refractivity contribution >= 4 is 17.2 Å². The summed E-state index contributed by atoms with van der Waals surface area (Å²) in [4.78, 5) is 16.6. The van der Waals surface area contributed by atoms with Crippen LogP contribution in [0.3, 0.4) is 0 Å². The van der Waals surface area contributed by atoms with Crippen LogP contribution in [-0.2, 0) is 17.6 Å². The molecule has 4 heteroatoms. The summed E-state index contributed by atoms with van der Waals surface area (Å²) in [5, 5.41) is 6.03. The SMILES string of the molecule is O=C(CCc1csc(-c2ccccc2)n1)NCCc1ccccc1. The molecule has 0 aliphatic heterocycles. The number of aromatic nitrogens is 1. The molecule has 0 bridgehead atoms. The van der Waals surface area contributed by atoms with Crippen LogP contribution in [-0.4, -0.2) is 17.4 Å². The topological polar surface area (TPSA) is 42.0 Å². The van der Waals surface area contributed by atoms with Crippen LogP contribution in [0.4, 0.5) is 0 Å². The Morgan fingerprint density at radius 2 is 1.67 bits per heavy atom. The van der Waals surface area contributed by atoms with E-state index in [0.717, 1.165) is 22.7 Å². The monoisotopic (exact) mass is 336 g/mol. The number of nitrogens with zero attached hydrogens (tertiary/aromatic N) is 1. The van der Waals surface area contributed by atoms with Gasteiger partial charge in [-0.25, -0.2) is 4.98 Å². The maximum absolute atomic E-state index is 11.9. The maximum Gasteiger partial charge on any atom is 0.220 e. The first-order chi connectivity index (χ1) is 11.8. The first kappa shape index (κ1) is 16.4. The lowest BCUT2D eigenvalue weighted by atomic mass is 10.1. The number of aryl methyl sites for hydroxylation is 1. The number of carbonyl (C=O) groups is 1. The van der Waals surface area contributed by atoms with E-state index >= 15 is 0 Å². The fourth-order valence-corrected chi connectivity index (χ4v) is 3.32. The molecule has 24 heavy (non-hydrogen) atoms. The van der Waals surface area contributed by atoms with Crippen LogP contribution in [0.1, 0.15) is 17.7 Å². The van der Waals surface area contributed by atoms with Gasteiger partial charge in [0.25, 0.3) is 0 Å². The molecule has 3 rings (SSSR count). The van der Waals surface area contributed by atoms with Gasteiger partial charge in [-0.2, -0.15) is 0 Å². The zero-order chi connectivity index (χ0) is 16.6. The molecule has 0 fully saturated rings. The van der Waals surface area contributed by atoms with Crippen LogP contribution >= 0.6 is 11.3 Å². The summed E-state index contributed by atoms with van der Waals surface area (Å²) in [7, 11) is 0. The highest BCUT2D eigenvalue weighted by Gasteiger charge is 2.07. The molecule has 0 aliphatic rings. The van der Waals surface area contributed by atoms with E-state index in [4.69, 9.17) is 0 Å². The van der Waals surface area contributed by atoms with E-state index in [1.165, 1.54) is 5.56 Å². The van der Waals surface area contributed by atoms with Crippen LogP contribution in [0.25, 0.3) is 10.6 Å². The van der Waals surface area contributed by atoms with Crippen LogP contribution in [0.15, 0.2) is 66.0 Å². The molecule has 1 heterocycles. The molecule has 1 N–H and O–H groups in total. The molecule has 0 radical (unpaired) electrons. The smallest absolute Gasteiger partial charge is 0.220 e. The predicted octanol–water partition coefficient (Wildman–Crippen LogP) is 4.10. The van der Waals surface area contributed by atoms with Gasteiger partial charge in [-0.15, -0.1) is 11.3 Å². The Labute approximate surface area is 146 Å². The minimum atomic E-state index is 0.0835. The summed E-state index contributed by atoms with van der Waals surface area (Å²) in [5.74, 6) is 0.0835. The van der Waals surface area contributed by atoms with E-state index in [0.29, 0.717) is 19.4 Å². The number of nitrogens with one attached hydrogen (secondary N) is 1. The zero-order valence-electron chi connectivity index (χ0n) is 13.4. The van der Waals surface area contributed by atoms with E-state index < -0.39 is 0 Å². The third kappa shape index (κ3) is 4.77. The number of hydrogen-bond donors (Lipinski definition) is 1. The Hall–Kier alpha value is -2.46. The van der Waals surface area contributed by atoms with E-state index in [9.17, 15) is 4.79 Å². The van der Waals surface area contributed by atoms with Crippen LogP contribution in [0.5, 0.6) is 0 Å². The minimum absolute atomic E-state index is 0.0835. The first-order valence-corrected chi connectivity index (χ1v) is 9.00. The highest BCUT2D eigenvalue weighted by atomic mass is 32.1. The Morgan fingerprint density at radius 1 is 0.958 bits per heavy atom. The van der Waals surface area contributed by atoms with Gasteiger partial charge in [-0.1, -0.05) is 60.7 Å². The van der Waals surface area contributed by atoms with Gasteiger partial charge in [0.15, 0.2) is 0 Å². The second kappa shape index (κ2) is 8.41. The molecule has 0 atom stereocenters. The summed E-state index contributed by atoms with van der Waals surface area (Å²) in [5.41, 5.74) is 3.35. The second-order valence-corrected chi connectivity index (χ2v) is 6.45. The Balaban J connectivity index is 1.42. The van der Waals surface area contributed by atoms with Crippen molar-refractivity contribution in [2.24, 2.45) is 0 Å². The normalized spacial score (nSPS) is 10.5. The van der Waals surface area contributed by atoms with Gasteiger partial charge in [0.05, 0.1) is 5.69 Å². The third-order valence-electron chi connectivity index (χ3n) is 3.76. The van der Waals surface area contributed by atoms with Gasteiger partial charge in [-0.3, -0.25) is 4.79 Å². The number of carbonyl (C=O) groups excluding carboxylic acids is 1. The molecule has 3 nitrogen and oxygen atoms in total. The van der Waals surface area contributed by atoms with Gasteiger partial charge >= 0.3 is 0 Å². The van der Waals surface area contributed by atoms with Crippen molar-refractivity contribution in [1.82, 2.24) is 10.3 Å². The van der Waals surface area contributed by atoms with Crippen LogP contribution < -0.4 is 5.32 Å². The van der Waals surface area contributed by atoms with Crippen molar-refractivity contribution in [3.63, 3.8) is 0 Å². The average Bonchev–Trinajstić information content (AvgIpc) is 3.11. The molecule has 0 saturated carbocycles. The lowest BCUT2D eigenvalue weighted by Crippen LogP contribution is -2.25. The van der Waals surface area contributed by atoms with Crippen molar-refractivity contribution in [1.29, 1.82) is 0 Å². The van der Waals surface area contributed by atoms with Crippen molar-refractivity contribution < 1.29 is 4.79 Å². The second-order valence-electron chi connectivity index (χ2n) is 5.60. The number of thiazole rings is 1. The zero-order valence-corrected chi connectivity index (χ0v) is 14.3. The number of rotatable bonds is 7. The molecule has 2 aromatic carbocycles. The van der Waals surface area contributed by atoms with Gasteiger partial charge in [-0.05, 0) is 18.4 Å². The van der Waals surface area contributed by atoms with Gasteiger partial charge in [0.2, 0.25) is 5.91 Å². The molecular weight excluding hydrogens is 316 g/mol. The van der Waals surface area contributed by atoms with Crippen molar-refractivity contribution in [3.05, 3.63) is 77.3 Å². The summed E-state index contributed by atoms with van der Waals surface area (Å²) in [6, 6.07) is 20.3. The molecule has 0 unspecified atom stereocenters. The fraction of sp³-hybridized carbons (Fsp3) is 0.200. The van der Waals surface area contributed by atoms with Gasteiger partial charge in [0.1, 0.15) is 5.01 Å². The first-order valence-electron chi connectivity index (χ1n) is 8.12. The van der Waals surface area contributed by atoms with Crippen molar-refractivity contribution in [2.75, 3.05) is 6.54 Å². The molecule has 3 aromatic rings. The standard InChI is InChI=1S/C20H20N2OS/c23-19(21-14-13-16-7-3-1-4-8-16)12-11-18-15-24-20(22-18)17-9-5-2-6-10-17/h1-10,15H,11-14H2,(H,21,23). The quantitative estimate of drug-likeness (QED) is 0.706. The lowest BCUT2D eigenvalue weighted by Gasteiger charge is -2.04. The van der Waals surface area contributed by atoms with E-state index in [1.54, 1.807) is 11.3 Å². The predicted molar refractivity (Wildman–Crippen MR) is 99.0 cm³/mol. The van der Waals surface area contributed by atoms with Crippen LogP contribution in [0, 0.1) is 0 Å². The van der Waals surface area contributed by atoms with Crippen molar-refractivity contribution in [2.45, 2.75) is 19.3 Å². The number of hydrogen-bond acceptors (Lipinski definition) is 3. The highest BCUT2D eigenvalue weighted by Crippen LogP contribution is 2.23. The molecule has 0 aliphatic carbocycles. The fourth-order valence-electron chi connectivity index (χ4n) is 2.46. The van der Waals surface area contributed by atoms with Crippen molar-refractivity contribution in [3.8, 4) is 10.6 Å². The summed E-state index contributed by atoms with van der Waals surface area (Å²) in [6.07, 6.45) is 2.02.